The second-order valence-electron chi connectivity index (χ2n) is 18.4. The predicted octanol–water partition coefficient (Wildman–Crippen LogP) is 13.9. The standard InChI is InChI=1S/C55H50N4O.Pt/c1-34(2)38-28-39(53-57-51(36-17-11-9-12-18-36)52(60-53)37-19-13-10-14-20-37)30-41(29-38)58-47-22-16-15-21-44(47)55(7,8)45-32-43-42-27-35(3)23-24-46(42)59(48(43)33-49(45)58)50-31-40(25-26-56-50)54(4,5)6;/h9-29,31-32,34,51-52H,1-8H3;/q-2;+2/t51-,52-;/m1./s1. The molecule has 6 heteroatoms. The molecular weight excluding hydrogens is 928 g/mol. The van der Waals surface area contributed by atoms with Gasteiger partial charge in [-0.15, -0.1) is 40.8 Å². The minimum absolute atomic E-state index is 0. The Morgan fingerprint density at radius 2 is 1.44 bits per heavy atom. The number of pyridine rings is 1. The fourth-order valence-corrected chi connectivity index (χ4v) is 9.18. The predicted molar refractivity (Wildman–Crippen MR) is 247 cm³/mol. The van der Waals surface area contributed by atoms with Crippen molar-refractivity contribution in [2.24, 2.45) is 4.99 Å². The molecule has 0 bridgehead atoms. The van der Waals surface area contributed by atoms with Crippen LogP contribution in [0.1, 0.15) is 111 Å². The van der Waals surface area contributed by atoms with Crippen LogP contribution in [0.5, 0.6) is 0 Å². The van der Waals surface area contributed by atoms with Gasteiger partial charge < -0.3 is 14.2 Å². The third-order valence-corrected chi connectivity index (χ3v) is 12.6. The first-order valence-corrected chi connectivity index (χ1v) is 21.2. The summed E-state index contributed by atoms with van der Waals surface area (Å²) in [5.41, 5.74) is 13.9. The summed E-state index contributed by atoms with van der Waals surface area (Å²) >= 11 is 0. The number of rotatable bonds is 6. The van der Waals surface area contributed by atoms with E-state index in [1.54, 1.807) is 0 Å². The van der Waals surface area contributed by atoms with Crippen molar-refractivity contribution in [1.29, 1.82) is 0 Å². The van der Waals surface area contributed by atoms with E-state index in [1.165, 1.54) is 33.2 Å². The molecule has 2 aliphatic heterocycles. The van der Waals surface area contributed by atoms with Crippen LogP contribution in [0.2, 0.25) is 0 Å². The van der Waals surface area contributed by atoms with E-state index in [4.69, 9.17) is 14.7 Å². The van der Waals surface area contributed by atoms with Crippen molar-refractivity contribution in [1.82, 2.24) is 9.55 Å². The van der Waals surface area contributed by atoms with Crippen molar-refractivity contribution in [3.05, 3.63) is 196 Å². The largest absolute Gasteiger partial charge is 2.00 e. The zero-order valence-corrected chi connectivity index (χ0v) is 38.3. The van der Waals surface area contributed by atoms with E-state index in [-0.39, 0.29) is 50.0 Å². The number of aliphatic imine (C=N–C) groups is 1. The van der Waals surface area contributed by atoms with Gasteiger partial charge in [-0.2, -0.15) is 6.07 Å². The van der Waals surface area contributed by atoms with Crippen LogP contribution in [0.4, 0.5) is 17.1 Å². The smallest absolute Gasteiger partial charge is 0.510 e. The van der Waals surface area contributed by atoms with Crippen molar-refractivity contribution in [3.63, 3.8) is 0 Å². The maximum Gasteiger partial charge on any atom is 2.00 e. The van der Waals surface area contributed by atoms with E-state index in [0.717, 1.165) is 56.0 Å². The normalized spacial score (nSPS) is 16.9. The summed E-state index contributed by atoms with van der Waals surface area (Å²) in [7, 11) is 0. The molecule has 0 saturated heterocycles. The number of ether oxygens (including phenoxy) is 1. The fraction of sp³-hybridized carbons (Fsp3) is 0.236. The zero-order valence-electron chi connectivity index (χ0n) is 36.0. The molecule has 0 amide bonds. The Bertz CT molecular complexity index is 2980. The van der Waals surface area contributed by atoms with Crippen LogP contribution in [0.3, 0.4) is 0 Å². The molecule has 306 valence electrons. The average Bonchev–Trinajstić information content (AvgIpc) is 3.83. The minimum Gasteiger partial charge on any atom is -0.510 e. The SMILES string of the molecule is Cc1ccc2c(c1)c1cc3c([c-]c1n2-c1cc(C(C)(C)C)ccn1)N(c1[c-]c(C2=N[C@H](c4ccccc4)[C@@H](c4ccccc4)O2)cc(C(C)C)c1)c1ccccc1C3(C)C.[Pt+2]. The van der Waals surface area contributed by atoms with Gasteiger partial charge in [-0.05, 0) is 81.3 Å². The number of benzene rings is 6. The first-order valence-electron chi connectivity index (χ1n) is 21.2. The van der Waals surface area contributed by atoms with Gasteiger partial charge in [0, 0.05) is 17.4 Å². The molecule has 0 fully saturated rings. The Balaban J connectivity index is 0.00000476. The summed E-state index contributed by atoms with van der Waals surface area (Å²) in [6.07, 6.45) is 1.68. The fourth-order valence-electron chi connectivity index (χ4n) is 9.18. The molecule has 5 nitrogen and oxygen atoms in total. The Kier molecular flexibility index (Phi) is 10.2. The van der Waals surface area contributed by atoms with Crippen LogP contribution >= 0.6 is 0 Å². The van der Waals surface area contributed by atoms with Gasteiger partial charge in [-0.3, -0.25) is 4.99 Å². The number of hydrogen-bond donors (Lipinski definition) is 0. The van der Waals surface area contributed by atoms with Crippen LogP contribution in [0.15, 0.2) is 145 Å². The van der Waals surface area contributed by atoms with Crippen molar-refractivity contribution in [3.8, 4) is 5.82 Å². The van der Waals surface area contributed by atoms with E-state index < -0.39 is 0 Å². The number of aryl methyl sites for hydroxylation is 1. The molecule has 0 unspecified atom stereocenters. The monoisotopic (exact) mass is 977 g/mol. The summed E-state index contributed by atoms with van der Waals surface area (Å²) in [6.45, 7) is 18.1. The third kappa shape index (κ3) is 6.92. The van der Waals surface area contributed by atoms with Gasteiger partial charge in [-0.1, -0.05) is 162 Å². The Morgan fingerprint density at radius 1 is 0.738 bits per heavy atom. The maximum absolute atomic E-state index is 6.93. The summed E-state index contributed by atoms with van der Waals surface area (Å²) in [5, 5.41) is 2.36. The second kappa shape index (κ2) is 15.3. The third-order valence-electron chi connectivity index (χ3n) is 12.6. The van der Waals surface area contributed by atoms with Crippen LogP contribution in [0, 0.1) is 19.1 Å². The van der Waals surface area contributed by atoms with Crippen molar-refractivity contribution in [2.75, 3.05) is 4.90 Å². The van der Waals surface area contributed by atoms with Gasteiger partial charge in [0.15, 0.2) is 0 Å². The van der Waals surface area contributed by atoms with Crippen molar-refractivity contribution < 1.29 is 25.8 Å². The summed E-state index contributed by atoms with van der Waals surface area (Å²) in [6, 6.07) is 55.6. The van der Waals surface area contributed by atoms with Crippen molar-refractivity contribution >= 4 is 44.8 Å². The number of para-hydroxylation sites is 1. The number of fused-ring (bicyclic) bond motifs is 5. The van der Waals surface area contributed by atoms with Crippen LogP contribution in [-0.2, 0) is 36.6 Å². The molecule has 61 heavy (non-hydrogen) atoms. The summed E-state index contributed by atoms with van der Waals surface area (Å²) < 4.78 is 9.24. The molecule has 0 N–H and O–H groups in total. The number of anilines is 3. The molecule has 0 saturated carbocycles. The van der Waals surface area contributed by atoms with Crippen LogP contribution < -0.4 is 4.90 Å². The Labute approximate surface area is 374 Å². The zero-order chi connectivity index (χ0) is 41.5. The molecule has 0 spiro atoms. The molecule has 2 atom stereocenters. The van der Waals surface area contributed by atoms with Gasteiger partial charge in [0.1, 0.15) is 23.9 Å². The Morgan fingerprint density at radius 3 is 2.16 bits per heavy atom. The molecule has 10 rings (SSSR count). The van der Waals surface area contributed by atoms with Gasteiger partial charge in [0.2, 0.25) is 0 Å². The number of hydrogen-bond acceptors (Lipinski definition) is 4. The first kappa shape index (κ1) is 40.6. The molecule has 8 aromatic rings. The number of aromatic nitrogens is 2. The quantitative estimate of drug-likeness (QED) is 0.156. The molecule has 0 radical (unpaired) electrons. The van der Waals surface area contributed by atoms with E-state index in [1.807, 2.05) is 18.3 Å². The summed E-state index contributed by atoms with van der Waals surface area (Å²) in [4.78, 5) is 12.7. The molecular formula is C55H50N4OPt. The molecule has 2 aromatic heterocycles. The topological polar surface area (TPSA) is 42.7 Å². The van der Waals surface area contributed by atoms with E-state index >= 15 is 0 Å². The molecule has 2 aliphatic rings. The van der Waals surface area contributed by atoms with Gasteiger partial charge >= 0.3 is 21.1 Å². The van der Waals surface area contributed by atoms with E-state index in [9.17, 15) is 0 Å². The summed E-state index contributed by atoms with van der Waals surface area (Å²) in [5.74, 6) is 1.73. The molecule has 4 heterocycles. The second-order valence-corrected chi connectivity index (χ2v) is 18.4. The van der Waals surface area contributed by atoms with Gasteiger partial charge in [0.05, 0.1) is 0 Å². The van der Waals surface area contributed by atoms with Crippen LogP contribution in [0.25, 0.3) is 27.6 Å². The van der Waals surface area contributed by atoms with Gasteiger partial charge in [0.25, 0.3) is 0 Å². The minimum atomic E-state index is -0.321. The average molecular weight is 978 g/mol. The maximum atomic E-state index is 6.93. The van der Waals surface area contributed by atoms with Crippen LogP contribution in [-0.4, -0.2) is 15.4 Å². The van der Waals surface area contributed by atoms with Gasteiger partial charge in [-0.25, -0.2) is 4.98 Å². The number of nitrogens with zero attached hydrogens (tertiary/aromatic N) is 4. The first-order chi connectivity index (χ1) is 28.9. The van der Waals surface area contributed by atoms with E-state index in [0.29, 0.717) is 5.90 Å². The Hall–Kier alpha value is -5.77. The molecule has 0 aliphatic carbocycles. The van der Waals surface area contributed by atoms with E-state index in [2.05, 4.69) is 198 Å². The van der Waals surface area contributed by atoms with Crippen molar-refractivity contribution in [2.45, 2.75) is 84.3 Å². The molecule has 6 aromatic carbocycles.